The molecule has 0 radical (unpaired) electrons. The van der Waals surface area contributed by atoms with E-state index in [0.717, 1.165) is 21.0 Å². The molecular formula is C37H42FN3O4S. The van der Waals surface area contributed by atoms with E-state index in [4.69, 9.17) is 0 Å². The van der Waals surface area contributed by atoms with Crippen molar-refractivity contribution in [1.29, 1.82) is 0 Å². The van der Waals surface area contributed by atoms with Crippen LogP contribution in [0.15, 0.2) is 108 Å². The average molecular weight is 644 g/mol. The van der Waals surface area contributed by atoms with Gasteiger partial charge in [0.1, 0.15) is 18.4 Å². The Labute approximate surface area is 272 Å². The van der Waals surface area contributed by atoms with Crippen LogP contribution in [0.4, 0.5) is 10.1 Å². The Kier molecular flexibility index (Phi) is 11.7. The van der Waals surface area contributed by atoms with Gasteiger partial charge in [0.2, 0.25) is 11.8 Å². The Bertz CT molecular complexity index is 1710. The average Bonchev–Trinajstić information content (AvgIpc) is 3.05. The van der Waals surface area contributed by atoms with Gasteiger partial charge in [-0.3, -0.25) is 13.9 Å². The number of amides is 2. The van der Waals surface area contributed by atoms with Crippen LogP contribution in [0.1, 0.15) is 43.0 Å². The Morgan fingerprint density at radius 1 is 0.826 bits per heavy atom. The Balaban J connectivity index is 1.82. The first-order valence-electron chi connectivity index (χ1n) is 15.5. The molecule has 1 N–H and O–H groups in total. The molecule has 1 atom stereocenters. The summed E-state index contributed by atoms with van der Waals surface area (Å²) in [6, 6.07) is 27.7. The van der Waals surface area contributed by atoms with Gasteiger partial charge in [0.25, 0.3) is 10.0 Å². The van der Waals surface area contributed by atoms with E-state index in [1.54, 1.807) is 36.4 Å². The van der Waals surface area contributed by atoms with Gasteiger partial charge in [-0.1, -0.05) is 99.1 Å². The molecule has 4 rings (SSSR count). The van der Waals surface area contributed by atoms with E-state index < -0.39 is 34.3 Å². The third-order valence-corrected chi connectivity index (χ3v) is 9.52. The van der Waals surface area contributed by atoms with Gasteiger partial charge in [-0.15, -0.1) is 0 Å². The highest BCUT2D eigenvalue weighted by molar-refractivity contribution is 7.92. The second-order valence-electron chi connectivity index (χ2n) is 11.8. The summed E-state index contributed by atoms with van der Waals surface area (Å²) in [4.78, 5) is 29.9. The molecule has 4 aromatic rings. The number of anilines is 1. The predicted molar refractivity (Wildman–Crippen MR) is 180 cm³/mol. The molecule has 2 amide bonds. The number of aryl methyl sites for hydroxylation is 2. The van der Waals surface area contributed by atoms with Crippen LogP contribution in [0, 0.1) is 18.7 Å². The number of nitrogens with zero attached hydrogens (tertiary/aromatic N) is 2. The minimum Gasteiger partial charge on any atom is -0.354 e. The number of para-hydroxylation sites is 1. The second kappa shape index (κ2) is 15.7. The fraction of sp³-hybridized carbons (Fsp3) is 0.297. The number of rotatable bonds is 14. The molecule has 0 saturated heterocycles. The van der Waals surface area contributed by atoms with Gasteiger partial charge in [0, 0.05) is 19.5 Å². The van der Waals surface area contributed by atoms with Crippen molar-refractivity contribution < 1.29 is 22.4 Å². The summed E-state index contributed by atoms with van der Waals surface area (Å²) in [5.74, 6) is -1.17. The minimum atomic E-state index is -4.20. The first-order chi connectivity index (χ1) is 22.0. The van der Waals surface area contributed by atoms with Crippen LogP contribution in [-0.4, -0.2) is 44.3 Å². The van der Waals surface area contributed by atoms with E-state index in [-0.39, 0.29) is 29.7 Å². The Morgan fingerprint density at radius 3 is 2.09 bits per heavy atom. The number of carbonyl (C=O) groups excluding carboxylic acids is 2. The fourth-order valence-corrected chi connectivity index (χ4v) is 6.62. The number of halogens is 1. The summed E-state index contributed by atoms with van der Waals surface area (Å²) in [6.45, 7) is 7.58. The minimum absolute atomic E-state index is 0.0282. The molecule has 46 heavy (non-hydrogen) atoms. The van der Waals surface area contributed by atoms with Crippen LogP contribution in [0.5, 0.6) is 0 Å². The first-order valence-corrected chi connectivity index (χ1v) is 17.0. The van der Waals surface area contributed by atoms with Crippen molar-refractivity contribution in [2.75, 3.05) is 17.4 Å². The normalized spacial score (nSPS) is 12.0. The van der Waals surface area contributed by atoms with E-state index in [9.17, 15) is 22.4 Å². The van der Waals surface area contributed by atoms with Gasteiger partial charge in [0.05, 0.1) is 10.6 Å². The molecule has 242 valence electrons. The number of benzene rings is 4. The standard InChI is InChI=1S/C37H42FN3O4S/c1-5-31-13-9-10-14-34(31)41(46(44,45)33-21-15-28(4)16-22-33)26-36(42)40(25-30-17-19-32(38)20-18-30)35(37(43)39-24-27(2)3)23-29-11-7-6-8-12-29/h6-22,27,35H,5,23-26H2,1-4H3,(H,39,43)/t35-/m0/s1. The lowest BCUT2D eigenvalue weighted by Crippen LogP contribution is -2.53. The lowest BCUT2D eigenvalue weighted by molar-refractivity contribution is -0.140. The van der Waals surface area contributed by atoms with Crippen molar-refractivity contribution >= 4 is 27.5 Å². The summed E-state index contributed by atoms with van der Waals surface area (Å²) < 4.78 is 43.5. The molecule has 0 aliphatic carbocycles. The number of nitrogens with one attached hydrogen (secondary N) is 1. The van der Waals surface area contributed by atoms with Crippen molar-refractivity contribution in [2.45, 2.75) is 58.0 Å². The molecule has 0 aliphatic rings. The maximum atomic E-state index is 14.6. The summed E-state index contributed by atoms with van der Waals surface area (Å²) in [7, 11) is -4.20. The molecule has 4 aromatic carbocycles. The van der Waals surface area contributed by atoms with Gasteiger partial charge < -0.3 is 10.2 Å². The SMILES string of the molecule is CCc1ccccc1N(CC(=O)N(Cc1ccc(F)cc1)[C@@H](Cc1ccccc1)C(=O)NCC(C)C)S(=O)(=O)c1ccc(C)cc1. The summed E-state index contributed by atoms with van der Waals surface area (Å²) in [6.07, 6.45) is 0.742. The maximum Gasteiger partial charge on any atom is 0.264 e. The number of carbonyl (C=O) groups is 2. The lowest BCUT2D eigenvalue weighted by atomic mass is 10.0. The number of hydrogen-bond acceptors (Lipinski definition) is 4. The van der Waals surface area contributed by atoms with Crippen molar-refractivity contribution in [3.05, 3.63) is 131 Å². The van der Waals surface area contributed by atoms with Gasteiger partial charge in [-0.05, 0) is 66.3 Å². The van der Waals surface area contributed by atoms with E-state index in [1.165, 1.54) is 29.2 Å². The molecule has 0 unspecified atom stereocenters. The predicted octanol–water partition coefficient (Wildman–Crippen LogP) is 6.30. The molecule has 9 heteroatoms. The van der Waals surface area contributed by atoms with Gasteiger partial charge >= 0.3 is 0 Å². The molecule has 7 nitrogen and oxygen atoms in total. The third-order valence-electron chi connectivity index (χ3n) is 7.75. The van der Waals surface area contributed by atoms with Crippen LogP contribution < -0.4 is 9.62 Å². The summed E-state index contributed by atoms with van der Waals surface area (Å²) in [5, 5.41) is 2.97. The zero-order valence-corrected chi connectivity index (χ0v) is 27.6. The van der Waals surface area contributed by atoms with E-state index >= 15 is 0 Å². The topological polar surface area (TPSA) is 86.8 Å². The van der Waals surface area contributed by atoms with Crippen LogP contribution in [0.2, 0.25) is 0 Å². The lowest BCUT2D eigenvalue weighted by Gasteiger charge is -2.34. The molecule has 0 bridgehead atoms. The largest absolute Gasteiger partial charge is 0.354 e. The highest BCUT2D eigenvalue weighted by Crippen LogP contribution is 2.29. The number of sulfonamides is 1. The van der Waals surface area contributed by atoms with Gasteiger partial charge in [0.15, 0.2) is 0 Å². The maximum absolute atomic E-state index is 14.6. The van der Waals surface area contributed by atoms with Crippen molar-refractivity contribution in [1.82, 2.24) is 10.2 Å². The summed E-state index contributed by atoms with van der Waals surface area (Å²) >= 11 is 0. The van der Waals surface area contributed by atoms with Crippen LogP contribution in [0.25, 0.3) is 0 Å². The van der Waals surface area contributed by atoms with E-state index in [0.29, 0.717) is 24.2 Å². The smallest absolute Gasteiger partial charge is 0.264 e. The number of hydrogen-bond donors (Lipinski definition) is 1. The zero-order valence-electron chi connectivity index (χ0n) is 26.8. The van der Waals surface area contributed by atoms with E-state index in [1.807, 2.05) is 70.2 Å². The van der Waals surface area contributed by atoms with Crippen LogP contribution in [-0.2, 0) is 39.0 Å². The first kappa shape index (κ1) is 34.4. The Hall–Kier alpha value is -4.50. The quantitative estimate of drug-likeness (QED) is 0.175. The third kappa shape index (κ3) is 8.81. The summed E-state index contributed by atoms with van der Waals surface area (Å²) in [5.41, 5.74) is 3.49. The molecule has 0 saturated carbocycles. The van der Waals surface area contributed by atoms with Crippen LogP contribution in [0.3, 0.4) is 0 Å². The second-order valence-corrected chi connectivity index (χ2v) is 13.7. The molecule has 0 fully saturated rings. The highest BCUT2D eigenvalue weighted by Gasteiger charge is 2.35. The van der Waals surface area contributed by atoms with Gasteiger partial charge in [-0.25, -0.2) is 12.8 Å². The van der Waals surface area contributed by atoms with Crippen molar-refractivity contribution in [3.63, 3.8) is 0 Å². The van der Waals surface area contributed by atoms with Gasteiger partial charge in [-0.2, -0.15) is 0 Å². The molecule has 0 aromatic heterocycles. The highest BCUT2D eigenvalue weighted by atomic mass is 32.2. The fourth-order valence-electron chi connectivity index (χ4n) is 5.17. The molecule has 0 aliphatic heterocycles. The van der Waals surface area contributed by atoms with E-state index in [2.05, 4.69) is 5.32 Å². The van der Waals surface area contributed by atoms with Crippen LogP contribution >= 0.6 is 0 Å². The zero-order chi connectivity index (χ0) is 33.3. The molecule has 0 spiro atoms. The monoisotopic (exact) mass is 643 g/mol. The molecule has 0 heterocycles. The molecular weight excluding hydrogens is 601 g/mol. The Morgan fingerprint density at radius 2 is 1.46 bits per heavy atom. The van der Waals surface area contributed by atoms with Crippen molar-refractivity contribution in [2.24, 2.45) is 5.92 Å². The van der Waals surface area contributed by atoms with Crippen molar-refractivity contribution in [3.8, 4) is 0 Å².